The van der Waals surface area contributed by atoms with Crippen LogP contribution in [0.1, 0.15) is 16.7 Å². The first kappa shape index (κ1) is 28.8. The topological polar surface area (TPSA) is 116 Å². The van der Waals surface area contributed by atoms with Gasteiger partial charge in [0.2, 0.25) is 0 Å². The largest absolute Gasteiger partial charge is 0.394 e. The summed E-state index contributed by atoms with van der Waals surface area (Å²) in [4.78, 5) is 0. The van der Waals surface area contributed by atoms with Gasteiger partial charge in [-0.2, -0.15) is 0 Å². The summed E-state index contributed by atoms with van der Waals surface area (Å²) in [6.45, 7) is 0.389. The summed E-state index contributed by atoms with van der Waals surface area (Å²) in [6.07, 6.45) is -7.07. The van der Waals surface area contributed by atoms with Gasteiger partial charge >= 0.3 is 0 Å². The van der Waals surface area contributed by atoms with E-state index in [9.17, 15) is 15.3 Å². The number of aliphatic hydroxyl groups is 3. The van der Waals surface area contributed by atoms with Crippen LogP contribution in [0.5, 0.6) is 0 Å². The van der Waals surface area contributed by atoms with E-state index in [4.69, 9.17) is 28.4 Å². The number of aliphatic hydroxyl groups excluding tert-OH is 3. The highest BCUT2D eigenvalue weighted by Crippen LogP contribution is 2.30. The molecule has 0 amide bonds. The normalized spacial score (nSPS) is 30.1. The van der Waals surface area contributed by atoms with Gasteiger partial charge in [-0.3, -0.25) is 0 Å². The van der Waals surface area contributed by atoms with E-state index in [2.05, 4.69) is 0 Å². The molecule has 5 rings (SSSR count). The van der Waals surface area contributed by atoms with E-state index in [1.165, 1.54) is 0 Å². The van der Waals surface area contributed by atoms with Crippen LogP contribution in [0.4, 0.5) is 0 Å². The Bertz CT molecular complexity index is 1130. The molecule has 9 nitrogen and oxygen atoms in total. The second kappa shape index (κ2) is 14.3. The van der Waals surface area contributed by atoms with Crippen molar-refractivity contribution < 1.29 is 43.7 Å². The van der Waals surface area contributed by atoms with Gasteiger partial charge in [0.05, 0.1) is 33.0 Å². The average Bonchev–Trinajstić information content (AvgIpc) is 3.48. The molecular weight excluding hydrogens is 516 g/mol. The van der Waals surface area contributed by atoms with E-state index in [0.717, 1.165) is 16.7 Å². The predicted molar refractivity (Wildman–Crippen MR) is 144 cm³/mol. The molecule has 0 saturated carbocycles. The van der Waals surface area contributed by atoms with Crippen molar-refractivity contribution >= 4 is 0 Å². The standard InChI is InChI=1S/C31H36O9/c32-16-24-26(33)28(36-18-22-12-6-2-7-13-22)31(40-24)38-20-25-27(35-17-21-10-4-1-5-11-21)29(30(34)39-25)37-19-23-14-8-3-9-15-23/h1-15,24-34H,16-20H2/t24-,25?,26-,27-,28-,29-,30+,31-/m1/s1. The van der Waals surface area contributed by atoms with Gasteiger partial charge in [0, 0.05) is 0 Å². The molecule has 0 aromatic heterocycles. The molecule has 3 aromatic rings. The SMILES string of the molecule is OC[C@H]1O[C@@H](OCC2O[C@H](O)[C@H](OCc3ccccc3)[C@@H]2OCc2ccccc2)[C@H](OCc2ccccc2)[C@@H]1O. The first-order chi connectivity index (χ1) is 19.6. The number of benzene rings is 3. The predicted octanol–water partition coefficient (Wildman–Crippen LogP) is 2.55. The zero-order valence-corrected chi connectivity index (χ0v) is 22.1. The highest BCUT2D eigenvalue weighted by Gasteiger charge is 2.49. The van der Waals surface area contributed by atoms with E-state index < -0.39 is 49.2 Å². The molecule has 0 aliphatic carbocycles. The molecule has 40 heavy (non-hydrogen) atoms. The van der Waals surface area contributed by atoms with Crippen LogP contribution < -0.4 is 0 Å². The molecule has 2 fully saturated rings. The maximum atomic E-state index is 10.8. The molecule has 0 spiro atoms. The highest BCUT2D eigenvalue weighted by molar-refractivity contribution is 5.15. The van der Waals surface area contributed by atoms with Gasteiger partial charge in [-0.25, -0.2) is 0 Å². The molecule has 2 heterocycles. The van der Waals surface area contributed by atoms with E-state index in [-0.39, 0.29) is 33.0 Å². The van der Waals surface area contributed by atoms with Crippen molar-refractivity contribution in [2.24, 2.45) is 0 Å². The maximum absolute atomic E-state index is 10.8. The smallest absolute Gasteiger partial charge is 0.187 e. The van der Waals surface area contributed by atoms with Gasteiger partial charge in [0.15, 0.2) is 12.6 Å². The monoisotopic (exact) mass is 552 g/mol. The van der Waals surface area contributed by atoms with Crippen LogP contribution in [0.3, 0.4) is 0 Å². The molecule has 1 unspecified atom stereocenters. The zero-order chi connectivity index (χ0) is 27.7. The molecule has 9 heteroatoms. The highest BCUT2D eigenvalue weighted by atomic mass is 16.7. The third kappa shape index (κ3) is 7.32. The van der Waals surface area contributed by atoms with Crippen molar-refractivity contribution in [2.75, 3.05) is 13.2 Å². The maximum Gasteiger partial charge on any atom is 0.187 e. The van der Waals surface area contributed by atoms with E-state index in [1.54, 1.807) is 0 Å². The van der Waals surface area contributed by atoms with Crippen molar-refractivity contribution in [1.29, 1.82) is 0 Å². The molecule has 3 N–H and O–H groups in total. The van der Waals surface area contributed by atoms with Crippen LogP contribution in [0.25, 0.3) is 0 Å². The van der Waals surface area contributed by atoms with Crippen LogP contribution in [-0.4, -0.2) is 77.7 Å². The van der Waals surface area contributed by atoms with Gasteiger partial charge in [0.1, 0.15) is 36.6 Å². The Morgan fingerprint density at radius 1 is 0.550 bits per heavy atom. The van der Waals surface area contributed by atoms with Gasteiger partial charge in [-0.1, -0.05) is 91.0 Å². The minimum atomic E-state index is -1.23. The lowest BCUT2D eigenvalue weighted by atomic mass is 10.1. The van der Waals surface area contributed by atoms with E-state index in [1.807, 2.05) is 91.0 Å². The number of rotatable bonds is 13. The second-order valence-electron chi connectivity index (χ2n) is 9.90. The van der Waals surface area contributed by atoms with Crippen molar-refractivity contribution in [2.45, 2.75) is 69.0 Å². The summed E-state index contributed by atoms with van der Waals surface area (Å²) in [6, 6.07) is 28.9. The number of hydrogen-bond donors (Lipinski definition) is 3. The third-order valence-corrected chi connectivity index (χ3v) is 7.04. The lowest BCUT2D eigenvalue weighted by Gasteiger charge is -2.26. The molecule has 3 aromatic carbocycles. The lowest BCUT2D eigenvalue weighted by Crippen LogP contribution is -2.41. The summed E-state index contributed by atoms with van der Waals surface area (Å²) < 4.78 is 35.9. The summed E-state index contributed by atoms with van der Waals surface area (Å²) in [5, 5.41) is 31.2. The molecule has 2 aliphatic heterocycles. The van der Waals surface area contributed by atoms with Crippen LogP contribution in [0.15, 0.2) is 91.0 Å². The molecule has 2 saturated heterocycles. The Hall–Kier alpha value is -2.70. The summed E-state index contributed by atoms with van der Waals surface area (Å²) in [7, 11) is 0. The molecule has 0 radical (unpaired) electrons. The van der Waals surface area contributed by atoms with Crippen LogP contribution in [0.2, 0.25) is 0 Å². The Kier molecular flexibility index (Phi) is 10.3. The van der Waals surface area contributed by atoms with Gasteiger partial charge in [-0.05, 0) is 16.7 Å². The van der Waals surface area contributed by atoms with Crippen LogP contribution in [0, 0.1) is 0 Å². The summed E-state index contributed by atoms with van der Waals surface area (Å²) >= 11 is 0. The first-order valence-electron chi connectivity index (χ1n) is 13.5. The summed E-state index contributed by atoms with van der Waals surface area (Å²) in [5.41, 5.74) is 2.85. The molecule has 214 valence electrons. The van der Waals surface area contributed by atoms with Crippen LogP contribution >= 0.6 is 0 Å². The first-order valence-corrected chi connectivity index (χ1v) is 13.5. The quantitative estimate of drug-likeness (QED) is 0.294. The fourth-order valence-electron chi connectivity index (χ4n) is 4.88. The van der Waals surface area contributed by atoms with Crippen molar-refractivity contribution in [3.63, 3.8) is 0 Å². The molecule has 2 aliphatic rings. The summed E-state index contributed by atoms with van der Waals surface area (Å²) in [5.74, 6) is 0. The van der Waals surface area contributed by atoms with E-state index in [0.29, 0.717) is 0 Å². The zero-order valence-electron chi connectivity index (χ0n) is 22.1. The van der Waals surface area contributed by atoms with Crippen molar-refractivity contribution in [1.82, 2.24) is 0 Å². The molecule has 0 bridgehead atoms. The third-order valence-electron chi connectivity index (χ3n) is 7.04. The Morgan fingerprint density at radius 3 is 1.52 bits per heavy atom. The van der Waals surface area contributed by atoms with Crippen molar-refractivity contribution in [3.8, 4) is 0 Å². The minimum absolute atomic E-state index is 0.0254. The van der Waals surface area contributed by atoms with Gasteiger partial charge in [0.25, 0.3) is 0 Å². The van der Waals surface area contributed by atoms with Crippen molar-refractivity contribution in [3.05, 3.63) is 108 Å². The Labute approximate surface area is 233 Å². The fraction of sp³-hybridized carbons (Fsp3) is 0.419. The van der Waals surface area contributed by atoms with E-state index >= 15 is 0 Å². The van der Waals surface area contributed by atoms with Gasteiger partial charge < -0.3 is 43.7 Å². The number of ether oxygens (including phenoxy) is 6. The minimum Gasteiger partial charge on any atom is -0.394 e. The second-order valence-corrected chi connectivity index (χ2v) is 9.90. The average molecular weight is 553 g/mol. The van der Waals surface area contributed by atoms with Gasteiger partial charge in [-0.15, -0.1) is 0 Å². The molecular formula is C31H36O9. The Morgan fingerprint density at radius 2 is 1.02 bits per heavy atom. The van der Waals surface area contributed by atoms with Crippen LogP contribution in [-0.2, 0) is 48.2 Å². The Balaban J connectivity index is 1.25. The lowest BCUT2D eigenvalue weighted by molar-refractivity contribution is -0.208. The molecule has 8 atom stereocenters. The number of hydrogen-bond acceptors (Lipinski definition) is 9. The fourth-order valence-corrected chi connectivity index (χ4v) is 4.88.